The summed E-state index contributed by atoms with van der Waals surface area (Å²) in [6, 6.07) is 0. The van der Waals surface area contributed by atoms with Crippen molar-refractivity contribution in [3.63, 3.8) is 0 Å². The van der Waals surface area contributed by atoms with E-state index in [2.05, 4.69) is 0 Å². The smallest absolute Gasteiger partial charge is 0.308 e. The van der Waals surface area contributed by atoms with Crippen LogP contribution in [-0.2, 0) is 9.53 Å². The van der Waals surface area contributed by atoms with E-state index in [0.717, 1.165) is 12.8 Å². The molecule has 0 amide bonds. The zero-order valence-corrected chi connectivity index (χ0v) is 8.01. The van der Waals surface area contributed by atoms with Gasteiger partial charge in [-0.1, -0.05) is 13.3 Å². The van der Waals surface area contributed by atoms with Gasteiger partial charge in [-0.15, -0.1) is 11.6 Å². The molecule has 1 atom stereocenters. The first kappa shape index (κ1) is 11.7. The summed E-state index contributed by atoms with van der Waals surface area (Å²) in [5.41, 5.74) is 0. The van der Waals surface area contributed by atoms with Gasteiger partial charge in [0.05, 0.1) is 19.1 Å². The Morgan fingerprint density at radius 2 is 2.33 bits per heavy atom. The lowest BCUT2D eigenvalue weighted by molar-refractivity contribution is -0.145. The standard InChI is InChI=1S/C8H15ClO3/c1-2-3-4-12-8(11)5-7(10)6-9/h7,10H,2-6H2,1H3. The number of ether oxygens (including phenoxy) is 1. The summed E-state index contributed by atoms with van der Waals surface area (Å²) in [5, 5.41) is 8.95. The van der Waals surface area contributed by atoms with E-state index in [1.54, 1.807) is 0 Å². The topological polar surface area (TPSA) is 46.5 Å². The van der Waals surface area contributed by atoms with Crippen molar-refractivity contribution < 1.29 is 14.6 Å². The molecule has 12 heavy (non-hydrogen) atoms. The van der Waals surface area contributed by atoms with Crippen LogP contribution in [0, 0.1) is 0 Å². The molecule has 0 aliphatic heterocycles. The monoisotopic (exact) mass is 194 g/mol. The normalized spacial score (nSPS) is 12.6. The predicted molar refractivity (Wildman–Crippen MR) is 47.2 cm³/mol. The van der Waals surface area contributed by atoms with Crippen LogP contribution in [0.25, 0.3) is 0 Å². The third kappa shape index (κ3) is 6.43. The second kappa shape index (κ2) is 7.37. The molecule has 0 aromatic rings. The maximum atomic E-state index is 10.8. The number of alkyl halides is 1. The highest BCUT2D eigenvalue weighted by molar-refractivity contribution is 6.18. The number of hydrogen-bond acceptors (Lipinski definition) is 3. The van der Waals surface area contributed by atoms with Gasteiger partial charge in [0.2, 0.25) is 0 Å². The second-order valence-electron chi connectivity index (χ2n) is 2.59. The summed E-state index contributed by atoms with van der Waals surface area (Å²) in [6.07, 6.45) is 1.07. The van der Waals surface area contributed by atoms with E-state index in [4.69, 9.17) is 21.4 Å². The van der Waals surface area contributed by atoms with Crippen LogP contribution in [0.5, 0.6) is 0 Å². The summed E-state index contributed by atoms with van der Waals surface area (Å²) < 4.78 is 4.80. The van der Waals surface area contributed by atoms with Gasteiger partial charge in [0.1, 0.15) is 0 Å². The van der Waals surface area contributed by atoms with Crippen LogP contribution in [0.3, 0.4) is 0 Å². The molecular weight excluding hydrogens is 180 g/mol. The van der Waals surface area contributed by atoms with Gasteiger partial charge in [-0.3, -0.25) is 4.79 Å². The average molecular weight is 195 g/mol. The van der Waals surface area contributed by atoms with Crippen molar-refractivity contribution in [1.82, 2.24) is 0 Å². The number of halogens is 1. The quantitative estimate of drug-likeness (QED) is 0.394. The van der Waals surface area contributed by atoms with Crippen LogP contribution in [0.1, 0.15) is 26.2 Å². The van der Waals surface area contributed by atoms with Gasteiger partial charge in [-0.2, -0.15) is 0 Å². The Bertz CT molecular complexity index is 127. The SMILES string of the molecule is CCCCOC(=O)CC(O)CCl. The lowest BCUT2D eigenvalue weighted by Gasteiger charge is -2.06. The fourth-order valence-electron chi connectivity index (χ4n) is 0.636. The summed E-state index contributed by atoms with van der Waals surface area (Å²) in [5.74, 6) is -0.306. The van der Waals surface area contributed by atoms with Gasteiger partial charge in [0.25, 0.3) is 0 Å². The minimum Gasteiger partial charge on any atom is -0.466 e. The number of rotatable bonds is 6. The molecule has 0 aliphatic rings. The van der Waals surface area contributed by atoms with Gasteiger partial charge < -0.3 is 9.84 Å². The third-order valence-corrected chi connectivity index (χ3v) is 1.70. The number of carbonyl (C=O) groups is 1. The first-order valence-electron chi connectivity index (χ1n) is 4.10. The highest BCUT2D eigenvalue weighted by Gasteiger charge is 2.09. The molecule has 0 saturated carbocycles. The van der Waals surface area contributed by atoms with E-state index in [-0.39, 0.29) is 18.3 Å². The van der Waals surface area contributed by atoms with Crippen molar-refractivity contribution in [3.8, 4) is 0 Å². The summed E-state index contributed by atoms with van der Waals surface area (Å²) in [4.78, 5) is 10.8. The Kier molecular flexibility index (Phi) is 7.20. The Hall–Kier alpha value is -0.280. The number of aliphatic hydroxyl groups is 1. The van der Waals surface area contributed by atoms with Gasteiger partial charge in [0, 0.05) is 5.88 Å². The number of esters is 1. The van der Waals surface area contributed by atoms with Crippen molar-refractivity contribution in [1.29, 1.82) is 0 Å². The molecule has 0 aromatic carbocycles. The third-order valence-electron chi connectivity index (χ3n) is 1.34. The van der Waals surface area contributed by atoms with E-state index >= 15 is 0 Å². The molecule has 0 rings (SSSR count). The molecule has 0 heterocycles. The number of unbranched alkanes of at least 4 members (excludes halogenated alkanes) is 1. The maximum Gasteiger partial charge on any atom is 0.308 e. The first-order chi connectivity index (χ1) is 5.70. The molecule has 1 N–H and O–H groups in total. The van der Waals surface area contributed by atoms with Crippen LogP contribution in [0.2, 0.25) is 0 Å². The van der Waals surface area contributed by atoms with Gasteiger partial charge in [-0.05, 0) is 6.42 Å². The molecule has 0 spiro atoms. The highest BCUT2D eigenvalue weighted by Crippen LogP contribution is 1.98. The van der Waals surface area contributed by atoms with Gasteiger partial charge in [0.15, 0.2) is 0 Å². The van der Waals surface area contributed by atoms with Crippen molar-refractivity contribution in [2.24, 2.45) is 0 Å². The molecule has 0 aliphatic carbocycles. The lowest BCUT2D eigenvalue weighted by atomic mass is 10.3. The molecular formula is C8H15ClO3. The fourth-order valence-corrected chi connectivity index (χ4v) is 0.745. The lowest BCUT2D eigenvalue weighted by Crippen LogP contribution is -2.17. The number of hydrogen-bond donors (Lipinski definition) is 1. The van der Waals surface area contributed by atoms with Crippen LogP contribution >= 0.6 is 11.6 Å². The van der Waals surface area contributed by atoms with Crippen LogP contribution in [0.15, 0.2) is 0 Å². The molecule has 0 bridgehead atoms. The number of aliphatic hydroxyl groups excluding tert-OH is 1. The van der Waals surface area contributed by atoms with E-state index in [0.29, 0.717) is 6.61 Å². The zero-order valence-electron chi connectivity index (χ0n) is 7.25. The largest absolute Gasteiger partial charge is 0.466 e. The molecule has 3 nitrogen and oxygen atoms in total. The van der Waals surface area contributed by atoms with Crippen molar-refractivity contribution in [3.05, 3.63) is 0 Å². The van der Waals surface area contributed by atoms with E-state index in [1.165, 1.54) is 0 Å². The Labute approximate surface area is 77.7 Å². The minimum atomic E-state index is -0.777. The molecule has 0 radical (unpaired) electrons. The van der Waals surface area contributed by atoms with E-state index in [9.17, 15) is 4.79 Å². The Balaban J connectivity index is 3.33. The van der Waals surface area contributed by atoms with E-state index in [1.807, 2.05) is 6.92 Å². The minimum absolute atomic E-state index is 0.00673. The summed E-state index contributed by atoms with van der Waals surface area (Å²) in [6.45, 7) is 2.45. The van der Waals surface area contributed by atoms with Crippen LogP contribution < -0.4 is 0 Å². The van der Waals surface area contributed by atoms with Crippen molar-refractivity contribution >= 4 is 17.6 Å². The predicted octanol–water partition coefficient (Wildman–Crippen LogP) is 1.32. The van der Waals surface area contributed by atoms with Crippen LogP contribution in [-0.4, -0.2) is 29.7 Å². The Morgan fingerprint density at radius 1 is 1.67 bits per heavy atom. The van der Waals surface area contributed by atoms with Crippen molar-refractivity contribution in [2.45, 2.75) is 32.3 Å². The molecule has 72 valence electrons. The highest BCUT2D eigenvalue weighted by atomic mass is 35.5. The molecule has 4 heteroatoms. The fraction of sp³-hybridized carbons (Fsp3) is 0.875. The average Bonchev–Trinajstić information content (AvgIpc) is 2.05. The molecule has 0 fully saturated rings. The maximum absolute atomic E-state index is 10.8. The summed E-state index contributed by atoms with van der Waals surface area (Å²) >= 11 is 5.30. The summed E-state index contributed by atoms with van der Waals surface area (Å²) in [7, 11) is 0. The van der Waals surface area contributed by atoms with Gasteiger partial charge in [-0.25, -0.2) is 0 Å². The molecule has 0 aromatic heterocycles. The molecule has 0 saturated heterocycles. The second-order valence-corrected chi connectivity index (χ2v) is 2.89. The zero-order chi connectivity index (χ0) is 9.40. The van der Waals surface area contributed by atoms with Gasteiger partial charge >= 0.3 is 5.97 Å². The van der Waals surface area contributed by atoms with Crippen molar-refractivity contribution in [2.75, 3.05) is 12.5 Å². The first-order valence-corrected chi connectivity index (χ1v) is 4.63. The molecule has 1 unspecified atom stereocenters. The van der Waals surface area contributed by atoms with Crippen LogP contribution in [0.4, 0.5) is 0 Å². The Morgan fingerprint density at radius 3 is 2.83 bits per heavy atom. The number of carbonyl (C=O) groups excluding carboxylic acids is 1. The van der Waals surface area contributed by atoms with E-state index < -0.39 is 6.10 Å².